The van der Waals surface area contributed by atoms with Gasteiger partial charge in [-0.3, -0.25) is 9.69 Å². The fourth-order valence-electron chi connectivity index (χ4n) is 2.20. The zero-order valence-electron chi connectivity index (χ0n) is 12.2. The molecule has 0 aromatic rings. The minimum absolute atomic E-state index is 0.0905. The summed E-state index contributed by atoms with van der Waals surface area (Å²) in [6.45, 7) is 5.36. The van der Waals surface area contributed by atoms with Crippen molar-refractivity contribution in [3.05, 3.63) is 0 Å². The highest BCUT2D eigenvalue weighted by atomic mass is 16.6. The minimum Gasteiger partial charge on any atom is -0.481 e. The molecule has 0 bridgehead atoms. The topological polar surface area (TPSA) is 93.1 Å². The number of hydrogen-bond donors (Lipinski definition) is 1. The number of carboxylic acid groups (broad SMARTS) is 1. The normalized spacial score (nSPS) is 22.5. The Balaban J connectivity index is 2.81. The van der Waals surface area contributed by atoms with Crippen molar-refractivity contribution < 1.29 is 29.0 Å². The molecule has 2 atom stereocenters. The summed E-state index contributed by atoms with van der Waals surface area (Å²) < 4.78 is 9.89. The molecule has 1 aliphatic heterocycles. The van der Waals surface area contributed by atoms with Gasteiger partial charge in [-0.05, 0) is 33.1 Å². The van der Waals surface area contributed by atoms with Crippen LogP contribution in [-0.4, -0.2) is 53.3 Å². The Kier molecular flexibility index (Phi) is 4.97. The van der Waals surface area contributed by atoms with Gasteiger partial charge in [-0.1, -0.05) is 0 Å². The van der Waals surface area contributed by atoms with Crippen molar-refractivity contribution in [1.29, 1.82) is 0 Å². The molecule has 114 valence electrons. The highest BCUT2D eigenvalue weighted by molar-refractivity contribution is 5.82. The van der Waals surface area contributed by atoms with Crippen LogP contribution in [0.15, 0.2) is 0 Å². The van der Waals surface area contributed by atoms with Crippen molar-refractivity contribution in [2.45, 2.75) is 45.3 Å². The van der Waals surface area contributed by atoms with Crippen LogP contribution in [-0.2, 0) is 19.1 Å². The number of carboxylic acids is 1. The van der Waals surface area contributed by atoms with E-state index in [9.17, 15) is 14.4 Å². The van der Waals surface area contributed by atoms with Crippen molar-refractivity contribution in [2.75, 3.05) is 13.7 Å². The van der Waals surface area contributed by atoms with Crippen LogP contribution < -0.4 is 0 Å². The first-order chi connectivity index (χ1) is 9.14. The number of carbonyl (C=O) groups is 3. The maximum absolute atomic E-state index is 12.1. The van der Waals surface area contributed by atoms with E-state index in [0.29, 0.717) is 0 Å². The van der Waals surface area contributed by atoms with Crippen LogP contribution in [0, 0.1) is 5.92 Å². The van der Waals surface area contributed by atoms with Gasteiger partial charge in [-0.15, -0.1) is 0 Å². The van der Waals surface area contributed by atoms with Crippen molar-refractivity contribution >= 4 is 18.0 Å². The summed E-state index contributed by atoms with van der Waals surface area (Å²) >= 11 is 0. The third kappa shape index (κ3) is 4.40. The summed E-state index contributed by atoms with van der Waals surface area (Å²) in [6, 6.07) is -0.779. The van der Waals surface area contributed by atoms with Crippen LogP contribution in [0.25, 0.3) is 0 Å². The summed E-state index contributed by atoms with van der Waals surface area (Å²) in [4.78, 5) is 35.8. The van der Waals surface area contributed by atoms with E-state index in [4.69, 9.17) is 9.84 Å². The molecule has 1 saturated heterocycles. The molecule has 0 aliphatic carbocycles. The fraction of sp³-hybridized carbons (Fsp3) is 0.769. The molecule has 20 heavy (non-hydrogen) atoms. The molecule has 7 nitrogen and oxygen atoms in total. The summed E-state index contributed by atoms with van der Waals surface area (Å²) in [5.74, 6) is -1.78. The van der Waals surface area contributed by atoms with E-state index in [-0.39, 0.29) is 25.3 Å². The zero-order valence-corrected chi connectivity index (χ0v) is 12.2. The lowest BCUT2D eigenvalue weighted by Crippen LogP contribution is -2.43. The maximum Gasteiger partial charge on any atom is 0.411 e. The largest absolute Gasteiger partial charge is 0.481 e. The number of nitrogens with zero attached hydrogens (tertiary/aromatic N) is 1. The summed E-state index contributed by atoms with van der Waals surface area (Å²) in [6.07, 6.45) is -0.439. The number of likely N-dealkylation sites (tertiary alicyclic amines) is 1. The average Bonchev–Trinajstić information content (AvgIpc) is 2.68. The Hall–Kier alpha value is -1.79. The zero-order chi connectivity index (χ0) is 15.5. The van der Waals surface area contributed by atoms with Gasteiger partial charge in [0.1, 0.15) is 11.6 Å². The molecule has 1 fully saturated rings. The third-order valence-corrected chi connectivity index (χ3v) is 2.95. The van der Waals surface area contributed by atoms with Crippen LogP contribution in [0.4, 0.5) is 4.79 Å². The van der Waals surface area contributed by atoms with Gasteiger partial charge in [0.2, 0.25) is 0 Å². The maximum atomic E-state index is 12.1. The standard InChI is InChI=1S/C13H21NO6/c1-13(2,3)20-12(18)14-7-8(6-10(15)16)5-9(14)11(17)19-4/h8-9H,5-7H2,1-4H3,(H,15,16)/t8?,9-/m1/s1. The van der Waals surface area contributed by atoms with E-state index in [0.717, 1.165) is 0 Å². The van der Waals surface area contributed by atoms with E-state index in [1.54, 1.807) is 20.8 Å². The van der Waals surface area contributed by atoms with Gasteiger partial charge in [0.25, 0.3) is 0 Å². The van der Waals surface area contributed by atoms with Crippen molar-refractivity contribution in [3.63, 3.8) is 0 Å². The third-order valence-electron chi connectivity index (χ3n) is 2.95. The first kappa shape index (κ1) is 16.3. The van der Waals surface area contributed by atoms with E-state index in [2.05, 4.69) is 4.74 Å². The Morgan fingerprint density at radius 3 is 2.35 bits per heavy atom. The molecule has 0 aromatic carbocycles. The molecule has 1 rings (SSSR count). The SMILES string of the molecule is COC(=O)[C@H]1CC(CC(=O)O)CN1C(=O)OC(C)(C)C. The van der Waals surface area contributed by atoms with Crippen LogP contribution in [0.5, 0.6) is 0 Å². The lowest BCUT2D eigenvalue weighted by Gasteiger charge is -2.27. The number of hydrogen-bond acceptors (Lipinski definition) is 5. The number of amides is 1. The van der Waals surface area contributed by atoms with Gasteiger partial charge in [0.15, 0.2) is 0 Å². The Labute approximate surface area is 117 Å². The van der Waals surface area contributed by atoms with E-state index >= 15 is 0 Å². The molecule has 7 heteroatoms. The monoisotopic (exact) mass is 287 g/mol. The first-order valence-electron chi connectivity index (χ1n) is 6.43. The number of methoxy groups -OCH3 is 1. The van der Waals surface area contributed by atoms with E-state index < -0.39 is 29.7 Å². The van der Waals surface area contributed by atoms with Crippen LogP contribution >= 0.6 is 0 Å². The van der Waals surface area contributed by atoms with Gasteiger partial charge >= 0.3 is 18.0 Å². The summed E-state index contributed by atoms with van der Waals surface area (Å²) in [5.41, 5.74) is -0.678. The van der Waals surface area contributed by atoms with Gasteiger partial charge in [0.05, 0.1) is 7.11 Å². The number of esters is 1. The molecule has 1 aliphatic rings. The van der Waals surface area contributed by atoms with Crippen molar-refractivity contribution in [3.8, 4) is 0 Å². The highest BCUT2D eigenvalue weighted by Crippen LogP contribution is 2.28. The lowest BCUT2D eigenvalue weighted by molar-refractivity contribution is -0.146. The molecule has 1 amide bonds. The highest BCUT2D eigenvalue weighted by Gasteiger charge is 2.42. The summed E-state index contributed by atoms with van der Waals surface area (Å²) in [5, 5.41) is 8.82. The molecule has 1 heterocycles. The second-order valence-corrected chi connectivity index (χ2v) is 5.87. The minimum atomic E-state index is -0.954. The van der Waals surface area contributed by atoms with E-state index in [1.165, 1.54) is 12.0 Å². The molecule has 1 N–H and O–H groups in total. The smallest absolute Gasteiger partial charge is 0.411 e. The number of aliphatic carboxylic acids is 1. The van der Waals surface area contributed by atoms with Gasteiger partial charge < -0.3 is 14.6 Å². The number of rotatable bonds is 3. The molecular weight excluding hydrogens is 266 g/mol. The summed E-state index contributed by atoms with van der Waals surface area (Å²) in [7, 11) is 1.24. The van der Waals surface area contributed by atoms with Gasteiger partial charge in [0, 0.05) is 13.0 Å². The van der Waals surface area contributed by atoms with Crippen LogP contribution in [0.2, 0.25) is 0 Å². The molecular formula is C13H21NO6. The average molecular weight is 287 g/mol. The molecule has 0 saturated carbocycles. The second kappa shape index (κ2) is 6.11. The Bertz CT molecular complexity index is 400. The van der Waals surface area contributed by atoms with Gasteiger partial charge in [-0.25, -0.2) is 9.59 Å². The van der Waals surface area contributed by atoms with Crippen LogP contribution in [0.1, 0.15) is 33.6 Å². The molecule has 0 aromatic heterocycles. The quantitative estimate of drug-likeness (QED) is 0.785. The predicted octanol–water partition coefficient (Wildman–Crippen LogP) is 1.26. The predicted molar refractivity (Wildman–Crippen MR) is 69.1 cm³/mol. The number of carbonyl (C=O) groups excluding carboxylic acids is 2. The van der Waals surface area contributed by atoms with Crippen molar-refractivity contribution in [2.24, 2.45) is 5.92 Å². The molecule has 1 unspecified atom stereocenters. The molecule has 0 radical (unpaired) electrons. The van der Waals surface area contributed by atoms with Crippen LogP contribution in [0.3, 0.4) is 0 Å². The lowest BCUT2D eigenvalue weighted by atomic mass is 10.0. The molecule has 0 spiro atoms. The van der Waals surface area contributed by atoms with E-state index in [1.807, 2.05) is 0 Å². The second-order valence-electron chi connectivity index (χ2n) is 5.87. The fourth-order valence-corrected chi connectivity index (χ4v) is 2.20. The first-order valence-corrected chi connectivity index (χ1v) is 6.43. The Morgan fingerprint density at radius 1 is 1.30 bits per heavy atom. The Morgan fingerprint density at radius 2 is 1.90 bits per heavy atom. The number of ether oxygens (including phenoxy) is 2. The van der Waals surface area contributed by atoms with Gasteiger partial charge in [-0.2, -0.15) is 0 Å². The van der Waals surface area contributed by atoms with Crippen molar-refractivity contribution in [1.82, 2.24) is 4.90 Å².